The molecule has 4 rings (SSSR count). The molecule has 1 saturated heterocycles. The van der Waals surface area contributed by atoms with Crippen LogP contribution in [0.15, 0.2) is 54.9 Å². The van der Waals surface area contributed by atoms with Crippen molar-refractivity contribution in [2.45, 2.75) is 24.7 Å². The third-order valence-corrected chi connectivity index (χ3v) is 6.60. The summed E-state index contributed by atoms with van der Waals surface area (Å²) in [5.41, 5.74) is 6.09. The minimum atomic E-state index is -0.909. The Kier molecular flexibility index (Phi) is 6.57. The molecule has 0 aliphatic carbocycles. The van der Waals surface area contributed by atoms with Gasteiger partial charge in [-0.15, -0.1) is 11.3 Å². The highest BCUT2D eigenvalue weighted by molar-refractivity contribution is 7.15. The van der Waals surface area contributed by atoms with Gasteiger partial charge in [0.15, 0.2) is 5.13 Å². The van der Waals surface area contributed by atoms with Crippen LogP contribution in [0.5, 0.6) is 0 Å². The Hall–Kier alpha value is -3.17. The average molecular weight is 454 g/mol. The van der Waals surface area contributed by atoms with Gasteiger partial charge in [-0.25, -0.2) is 9.37 Å². The summed E-state index contributed by atoms with van der Waals surface area (Å²) in [5, 5.41) is 3.27. The molecule has 3 N–H and O–H groups in total. The highest BCUT2D eigenvalue weighted by Crippen LogP contribution is 2.33. The molecule has 2 amide bonds. The Morgan fingerprint density at radius 1 is 1.19 bits per heavy atom. The molecule has 3 aromatic rings. The minimum Gasteiger partial charge on any atom is -0.369 e. The minimum absolute atomic E-state index is 0.115. The van der Waals surface area contributed by atoms with Gasteiger partial charge in [0.25, 0.3) is 0 Å². The predicted molar refractivity (Wildman–Crippen MR) is 121 cm³/mol. The lowest BCUT2D eigenvalue weighted by atomic mass is 9.76. The number of nitrogens with one attached hydrogen (secondary N) is 1. The maximum atomic E-state index is 13.9. The molecular weight excluding hydrogens is 429 g/mol. The van der Waals surface area contributed by atoms with Gasteiger partial charge in [-0.2, -0.15) is 0 Å². The number of amides is 2. The molecule has 1 aliphatic heterocycles. The van der Waals surface area contributed by atoms with Crippen LogP contribution in [0.1, 0.15) is 29.0 Å². The lowest BCUT2D eigenvalue weighted by molar-refractivity contribution is -0.127. The van der Waals surface area contributed by atoms with Gasteiger partial charge in [0.2, 0.25) is 11.8 Å². The number of nitrogens with zero attached hydrogens (tertiary/aromatic N) is 3. The first-order valence-electron chi connectivity index (χ1n) is 10.4. The highest BCUT2D eigenvalue weighted by atomic mass is 32.1. The lowest BCUT2D eigenvalue weighted by Crippen LogP contribution is -2.55. The van der Waals surface area contributed by atoms with Gasteiger partial charge < -0.3 is 11.1 Å². The molecule has 2 aromatic heterocycles. The molecule has 1 aromatic carbocycles. The van der Waals surface area contributed by atoms with Crippen molar-refractivity contribution in [3.05, 3.63) is 76.8 Å². The first kappa shape index (κ1) is 22.0. The summed E-state index contributed by atoms with van der Waals surface area (Å²) in [6, 6.07) is 12.0. The molecule has 1 atom stereocenters. The van der Waals surface area contributed by atoms with E-state index in [2.05, 4.69) is 15.3 Å². The zero-order valence-electron chi connectivity index (χ0n) is 17.5. The van der Waals surface area contributed by atoms with Crippen LogP contribution in [0, 0.1) is 5.82 Å². The van der Waals surface area contributed by atoms with E-state index < -0.39 is 11.3 Å². The Morgan fingerprint density at radius 3 is 2.75 bits per heavy atom. The van der Waals surface area contributed by atoms with Gasteiger partial charge in [0, 0.05) is 30.2 Å². The smallest absolute Gasteiger partial charge is 0.240 e. The van der Waals surface area contributed by atoms with Crippen molar-refractivity contribution in [3.63, 3.8) is 0 Å². The van der Waals surface area contributed by atoms with Crippen LogP contribution in [0.25, 0.3) is 0 Å². The Labute approximate surface area is 189 Å². The standard InChI is InChI=1S/C23H24FN5O2S/c24-18-7-2-1-6-16(18)12-17-13-27-22(32-17)28-20(30)14-29-11-5-9-23(15-29,21(25)31)19-8-3-4-10-26-19/h1-4,6-8,10,13H,5,9,11-12,14-15H2,(H2,25,31)(H,27,28,30)/t23-/m1/s1. The average Bonchev–Trinajstić information content (AvgIpc) is 3.22. The first-order valence-corrected chi connectivity index (χ1v) is 11.2. The second kappa shape index (κ2) is 9.54. The number of rotatable bonds is 7. The first-order chi connectivity index (χ1) is 15.5. The summed E-state index contributed by atoms with van der Waals surface area (Å²) in [7, 11) is 0. The molecule has 1 fully saturated rings. The molecule has 9 heteroatoms. The number of likely N-dealkylation sites (tertiary alicyclic amines) is 1. The lowest BCUT2D eigenvalue weighted by Gasteiger charge is -2.39. The number of carbonyl (C=O) groups is 2. The van der Waals surface area contributed by atoms with E-state index >= 15 is 0 Å². The number of carbonyl (C=O) groups excluding carboxylic acids is 2. The molecule has 0 bridgehead atoms. The predicted octanol–water partition coefficient (Wildman–Crippen LogP) is 2.73. The quantitative estimate of drug-likeness (QED) is 0.573. The van der Waals surface area contributed by atoms with Crippen LogP contribution in [-0.4, -0.2) is 46.3 Å². The van der Waals surface area contributed by atoms with Crippen molar-refractivity contribution in [2.75, 3.05) is 25.0 Å². The van der Waals surface area contributed by atoms with Crippen LogP contribution in [0.2, 0.25) is 0 Å². The molecule has 0 saturated carbocycles. The zero-order chi connectivity index (χ0) is 22.6. The molecule has 166 valence electrons. The fraction of sp³-hybridized carbons (Fsp3) is 0.304. The third kappa shape index (κ3) is 4.84. The van der Waals surface area contributed by atoms with E-state index in [1.807, 2.05) is 11.0 Å². The molecule has 0 radical (unpaired) electrons. The van der Waals surface area contributed by atoms with Crippen LogP contribution >= 0.6 is 11.3 Å². The summed E-state index contributed by atoms with van der Waals surface area (Å²) in [5.74, 6) is -0.917. The van der Waals surface area contributed by atoms with Crippen molar-refractivity contribution in [3.8, 4) is 0 Å². The monoisotopic (exact) mass is 453 g/mol. The van der Waals surface area contributed by atoms with E-state index in [-0.39, 0.29) is 18.3 Å². The van der Waals surface area contributed by atoms with Crippen molar-refractivity contribution in [1.29, 1.82) is 0 Å². The fourth-order valence-electron chi connectivity index (χ4n) is 4.10. The van der Waals surface area contributed by atoms with Crippen LogP contribution in [-0.2, 0) is 21.4 Å². The zero-order valence-corrected chi connectivity index (χ0v) is 18.3. The topological polar surface area (TPSA) is 101 Å². The van der Waals surface area contributed by atoms with Gasteiger partial charge in [-0.1, -0.05) is 24.3 Å². The maximum Gasteiger partial charge on any atom is 0.240 e. The normalized spacial score (nSPS) is 18.9. The molecule has 3 heterocycles. The largest absolute Gasteiger partial charge is 0.369 e. The third-order valence-electron chi connectivity index (χ3n) is 5.69. The second-order valence-corrected chi connectivity index (χ2v) is 9.04. The number of hydrogen-bond donors (Lipinski definition) is 2. The number of benzene rings is 1. The van der Waals surface area contributed by atoms with Crippen LogP contribution in [0.4, 0.5) is 9.52 Å². The summed E-state index contributed by atoms with van der Waals surface area (Å²) < 4.78 is 13.9. The number of aromatic nitrogens is 2. The van der Waals surface area contributed by atoms with Crippen LogP contribution < -0.4 is 11.1 Å². The molecule has 0 spiro atoms. The van der Waals surface area contributed by atoms with Gasteiger partial charge in [-0.05, 0) is 43.1 Å². The Bertz CT molecular complexity index is 1110. The van der Waals surface area contributed by atoms with E-state index in [1.165, 1.54) is 17.4 Å². The Morgan fingerprint density at radius 2 is 2.00 bits per heavy atom. The van der Waals surface area contributed by atoms with Gasteiger partial charge in [-0.3, -0.25) is 19.5 Å². The van der Waals surface area contributed by atoms with E-state index in [0.717, 1.165) is 11.3 Å². The van der Waals surface area contributed by atoms with E-state index in [1.54, 1.807) is 42.7 Å². The molecule has 32 heavy (non-hydrogen) atoms. The number of primary amides is 1. The van der Waals surface area contributed by atoms with Gasteiger partial charge >= 0.3 is 0 Å². The van der Waals surface area contributed by atoms with E-state index in [0.29, 0.717) is 42.3 Å². The SMILES string of the molecule is NC(=O)[C@]1(c2ccccn2)CCCN(CC(=O)Nc2ncc(Cc3ccccc3F)s2)C1. The number of nitrogens with two attached hydrogens (primary N) is 1. The summed E-state index contributed by atoms with van der Waals surface area (Å²) in [6.07, 6.45) is 5.04. The Balaban J connectivity index is 1.38. The number of anilines is 1. The summed E-state index contributed by atoms with van der Waals surface area (Å²) >= 11 is 1.32. The molecule has 7 nitrogen and oxygen atoms in total. The maximum absolute atomic E-state index is 13.9. The molecule has 1 aliphatic rings. The fourth-order valence-corrected chi connectivity index (χ4v) is 4.95. The molecule has 0 unspecified atom stereocenters. The van der Waals surface area contributed by atoms with Crippen molar-refractivity contribution < 1.29 is 14.0 Å². The number of halogens is 1. The van der Waals surface area contributed by atoms with Gasteiger partial charge in [0.1, 0.15) is 11.2 Å². The number of pyridine rings is 1. The molecular formula is C23H24FN5O2S. The number of thiazole rings is 1. The van der Waals surface area contributed by atoms with Crippen molar-refractivity contribution >= 4 is 28.3 Å². The van der Waals surface area contributed by atoms with Gasteiger partial charge in [0.05, 0.1) is 12.2 Å². The van der Waals surface area contributed by atoms with Crippen molar-refractivity contribution in [1.82, 2.24) is 14.9 Å². The summed E-state index contributed by atoms with van der Waals surface area (Å²) in [4.78, 5) is 36.4. The van der Waals surface area contributed by atoms with E-state index in [4.69, 9.17) is 5.73 Å². The van der Waals surface area contributed by atoms with Crippen LogP contribution in [0.3, 0.4) is 0 Å². The van der Waals surface area contributed by atoms with E-state index in [9.17, 15) is 14.0 Å². The van der Waals surface area contributed by atoms with Crippen molar-refractivity contribution in [2.24, 2.45) is 5.73 Å². The number of hydrogen-bond acceptors (Lipinski definition) is 6. The summed E-state index contributed by atoms with van der Waals surface area (Å²) in [6.45, 7) is 1.14. The number of piperidine rings is 1. The second-order valence-electron chi connectivity index (χ2n) is 7.92. The highest BCUT2D eigenvalue weighted by Gasteiger charge is 2.43.